The van der Waals surface area contributed by atoms with E-state index in [1.807, 2.05) is 26.1 Å². The predicted octanol–water partition coefficient (Wildman–Crippen LogP) is 7.04. The lowest BCUT2D eigenvalue weighted by Crippen LogP contribution is -2.43. The van der Waals surface area contributed by atoms with E-state index in [4.69, 9.17) is 9.72 Å². The molecule has 1 saturated heterocycles. The van der Waals surface area contributed by atoms with Crippen LogP contribution >= 0.6 is 0 Å². The quantitative estimate of drug-likeness (QED) is 0.489. The first kappa shape index (κ1) is 22.8. The first-order chi connectivity index (χ1) is 15.6. The molecule has 1 aromatic carbocycles. The van der Waals surface area contributed by atoms with Gasteiger partial charge in [0.2, 0.25) is 0 Å². The molecule has 0 radical (unpaired) electrons. The summed E-state index contributed by atoms with van der Waals surface area (Å²) < 4.78 is 5.70. The van der Waals surface area contributed by atoms with Gasteiger partial charge in [-0.3, -0.25) is 9.78 Å². The molecule has 2 aliphatic carbocycles. The maximum absolute atomic E-state index is 12.5. The van der Waals surface area contributed by atoms with Crippen LogP contribution in [0.4, 0.5) is 0 Å². The Morgan fingerprint density at radius 1 is 0.969 bits per heavy atom. The van der Waals surface area contributed by atoms with Crippen molar-refractivity contribution in [3.63, 3.8) is 0 Å². The van der Waals surface area contributed by atoms with Crippen LogP contribution in [0.2, 0.25) is 0 Å². The molecular weight excluding hydrogens is 394 g/mol. The number of pyridine rings is 1. The normalized spacial score (nSPS) is 33.6. The second-order valence-corrected chi connectivity index (χ2v) is 9.68. The summed E-state index contributed by atoms with van der Waals surface area (Å²) in [6.07, 6.45) is 11.3. The molecule has 0 bridgehead atoms. The highest BCUT2D eigenvalue weighted by atomic mass is 16.6. The number of esters is 1. The van der Waals surface area contributed by atoms with Crippen molar-refractivity contribution in [2.75, 3.05) is 0 Å². The number of nitrogens with zero attached hydrogens (tertiary/aromatic N) is 1. The summed E-state index contributed by atoms with van der Waals surface area (Å²) in [7, 11) is 0. The molecule has 5 rings (SSSR count). The van der Waals surface area contributed by atoms with E-state index in [9.17, 15) is 4.79 Å². The van der Waals surface area contributed by atoms with Gasteiger partial charge in [0.05, 0.1) is 11.6 Å². The average molecular weight is 432 g/mol. The van der Waals surface area contributed by atoms with E-state index in [0.717, 1.165) is 23.6 Å². The third-order valence-corrected chi connectivity index (χ3v) is 7.79. The average Bonchev–Trinajstić information content (AvgIpc) is 3.11. The van der Waals surface area contributed by atoms with Crippen LogP contribution in [0.25, 0.3) is 17.2 Å². The molecule has 1 aliphatic heterocycles. The number of hydrogen-bond acceptors (Lipinski definition) is 3. The zero-order valence-corrected chi connectivity index (χ0v) is 19.9. The van der Waals surface area contributed by atoms with Crippen LogP contribution in [-0.2, 0) is 9.53 Å². The maximum atomic E-state index is 12.5. The van der Waals surface area contributed by atoms with Gasteiger partial charge in [-0.2, -0.15) is 0 Å². The fourth-order valence-corrected chi connectivity index (χ4v) is 6.37. The number of carbonyl (C=O) groups excluding carboxylic acids is 1. The van der Waals surface area contributed by atoms with Crippen molar-refractivity contribution in [3.8, 4) is 11.1 Å². The highest BCUT2D eigenvalue weighted by molar-refractivity contribution is 5.75. The highest BCUT2D eigenvalue weighted by Gasteiger charge is 2.54. The Bertz CT molecular complexity index is 920. The van der Waals surface area contributed by atoms with Crippen molar-refractivity contribution < 1.29 is 9.53 Å². The van der Waals surface area contributed by atoms with Gasteiger partial charge in [0, 0.05) is 17.7 Å². The standard InChI is InChI=1S/C27H31NO2.C2H6/c1-17-8-12-23-21(14-17)15-25-26(18(2)30-27(25)29)24(23)13-11-22-10-9-20(16-28-22)19-6-4-3-5-7-19;1-2/h3-7,9-11,13,16-18,21,23-26H,8,12,14-15H2,1-2H3;1-2H3/b13-11+;/t17-,18-,21+,23-,24?,25-,26+;/m1./s1. The number of allylic oxidation sites excluding steroid dienone is 1. The zero-order valence-electron chi connectivity index (χ0n) is 19.9. The molecule has 2 saturated carbocycles. The Balaban J connectivity index is 0.00000119. The largest absolute Gasteiger partial charge is 0.462 e. The van der Waals surface area contributed by atoms with Crippen molar-refractivity contribution in [2.24, 2.45) is 35.5 Å². The van der Waals surface area contributed by atoms with Gasteiger partial charge < -0.3 is 4.74 Å². The lowest BCUT2D eigenvalue weighted by atomic mass is 9.56. The predicted molar refractivity (Wildman–Crippen MR) is 131 cm³/mol. The first-order valence-corrected chi connectivity index (χ1v) is 12.5. The van der Waals surface area contributed by atoms with Gasteiger partial charge in [0.25, 0.3) is 0 Å². The summed E-state index contributed by atoms with van der Waals surface area (Å²) in [5.74, 6) is 2.91. The van der Waals surface area contributed by atoms with Crippen LogP contribution in [0.5, 0.6) is 0 Å². The summed E-state index contributed by atoms with van der Waals surface area (Å²) in [5.41, 5.74) is 3.30. The lowest BCUT2D eigenvalue weighted by Gasteiger charge is -2.47. The second-order valence-electron chi connectivity index (χ2n) is 9.68. The summed E-state index contributed by atoms with van der Waals surface area (Å²) in [4.78, 5) is 17.2. The van der Waals surface area contributed by atoms with Crippen molar-refractivity contribution >= 4 is 12.0 Å². The molecule has 0 spiro atoms. The third-order valence-electron chi connectivity index (χ3n) is 7.79. The summed E-state index contributed by atoms with van der Waals surface area (Å²) in [5, 5.41) is 0. The number of aromatic nitrogens is 1. The number of cyclic esters (lactones) is 1. The summed E-state index contributed by atoms with van der Waals surface area (Å²) in [6, 6.07) is 14.6. The van der Waals surface area contributed by atoms with Crippen LogP contribution in [0.1, 0.15) is 59.1 Å². The molecule has 3 nitrogen and oxygen atoms in total. The Morgan fingerprint density at radius 3 is 2.47 bits per heavy atom. The Morgan fingerprint density at radius 2 is 1.75 bits per heavy atom. The SMILES string of the molecule is CC.C[C@@H]1CC[C@H]2C(/C=C/c3ccc(-c4ccccc4)cn3)[C@@H]3[C@@H](C)OC(=O)[C@@H]3C[C@@H]2C1. The molecule has 1 aromatic heterocycles. The van der Waals surface area contributed by atoms with E-state index < -0.39 is 0 Å². The number of ether oxygens (including phenoxy) is 1. The monoisotopic (exact) mass is 431 g/mol. The van der Waals surface area contributed by atoms with Gasteiger partial charge >= 0.3 is 5.97 Å². The minimum absolute atomic E-state index is 0.0193. The Kier molecular flexibility index (Phi) is 7.13. The maximum Gasteiger partial charge on any atom is 0.309 e. The van der Waals surface area contributed by atoms with Crippen molar-refractivity contribution in [1.29, 1.82) is 0 Å². The van der Waals surface area contributed by atoms with Gasteiger partial charge in [-0.1, -0.05) is 69.7 Å². The van der Waals surface area contributed by atoms with Crippen LogP contribution in [0.15, 0.2) is 54.7 Å². The summed E-state index contributed by atoms with van der Waals surface area (Å²) in [6.45, 7) is 8.45. The van der Waals surface area contributed by atoms with Crippen LogP contribution in [0, 0.1) is 35.5 Å². The summed E-state index contributed by atoms with van der Waals surface area (Å²) >= 11 is 0. The molecule has 32 heavy (non-hydrogen) atoms. The van der Waals surface area contributed by atoms with Gasteiger partial charge in [0.15, 0.2) is 0 Å². The van der Waals surface area contributed by atoms with Gasteiger partial charge in [-0.15, -0.1) is 0 Å². The first-order valence-electron chi connectivity index (χ1n) is 12.5. The van der Waals surface area contributed by atoms with E-state index >= 15 is 0 Å². The second kappa shape index (κ2) is 10.0. The van der Waals surface area contributed by atoms with E-state index in [-0.39, 0.29) is 18.0 Å². The van der Waals surface area contributed by atoms with Crippen molar-refractivity contribution in [3.05, 3.63) is 60.4 Å². The number of fused-ring (bicyclic) bond motifs is 2. The molecule has 2 aromatic rings. The molecule has 1 unspecified atom stereocenters. The van der Waals surface area contributed by atoms with E-state index in [0.29, 0.717) is 23.7 Å². The number of hydrogen-bond donors (Lipinski definition) is 0. The molecule has 3 heteroatoms. The molecule has 3 fully saturated rings. The Labute approximate surface area is 193 Å². The van der Waals surface area contributed by atoms with Gasteiger partial charge in [-0.05, 0) is 67.6 Å². The molecule has 0 N–H and O–H groups in total. The molecule has 0 amide bonds. The van der Waals surface area contributed by atoms with Gasteiger partial charge in [0.1, 0.15) is 6.10 Å². The molecule has 2 heterocycles. The minimum Gasteiger partial charge on any atom is -0.462 e. The zero-order chi connectivity index (χ0) is 22.7. The van der Waals surface area contributed by atoms with E-state index in [1.54, 1.807) is 0 Å². The number of carbonyl (C=O) groups is 1. The minimum atomic E-state index is 0.0193. The number of rotatable bonds is 3. The number of benzene rings is 1. The third kappa shape index (κ3) is 4.53. The van der Waals surface area contributed by atoms with Crippen molar-refractivity contribution in [1.82, 2.24) is 4.98 Å². The fraction of sp³-hybridized carbons (Fsp3) is 0.517. The van der Waals surface area contributed by atoms with E-state index in [1.165, 1.54) is 24.8 Å². The van der Waals surface area contributed by atoms with Gasteiger partial charge in [-0.25, -0.2) is 0 Å². The van der Waals surface area contributed by atoms with Crippen LogP contribution in [0.3, 0.4) is 0 Å². The molecule has 7 atom stereocenters. The van der Waals surface area contributed by atoms with Crippen LogP contribution < -0.4 is 0 Å². The highest BCUT2D eigenvalue weighted by Crippen LogP contribution is 2.54. The fourth-order valence-electron chi connectivity index (χ4n) is 6.37. The lowest BCUT2D eigenvalue weighted by molar-refractivity contribution is -0.144. The molecule has 3 aliphatic rings. The van der Waals surface area contributed by atoms with Crippen molar-refractivity contribution in [2.45, 2.75) is 59.5 Å². The Hall–Kier alpha value is -2.42. The molecule has 170 valence electrons. The smallest absolute Gasteiger partial charge is 0.309 e. The topological polar surface area (TPSA) is 39.2 Å². The van der Waals surface area contributed by atoms with Crippen LogP contribution in [-0.4, -0.2) is 17.1 Å². The molecular formula is C29H37NO2. The van der Waals surface area contributed by atoms with E-state index in [2.05, 4.69) is 62.4 Å².